The molecule has 1 aromatic rings. The average Bonchev–Trinajstić information content (AvgIpc) is 2.12. The van der Waals surface area contributed by atoms with Crippen LogP contribution in [0.25, 0.3) is 0 Å². The fraction of sp³-hybridized carbons (Fsp3) is 0.222. The van der Waals surface area contributed by atoms with Gasteiger partial charge in [0.2, 0.25) is 0 Å². The smallest absolute Gasteiger partial charge is 0.154 e. The van der Waals surface area contributed by atoms with Crippen molar-refractivity contribution in [2.45, 2.75) is 13.3 Å². The van der Waals surface area contributed by atoms with Crippen molar-refractivity contribution >= 4 is 44.8 Å². The van der Waals surface area contributed by atoms with Gasteiger partial charge in [0.05, 0.1) is 5.56 Å². The second-order valence-electron chi connectivity index (χ2n) is 2.53. The zero-order valence-electron chi connectivity index (χ0n) is 6.90. The van der Waals surface area contributed by atoms with Crippen molar-refractivity contribution in [3.8, 4) is 0 Å². The molecule has 1 aromatic carbocycles. The molecule has 0 fully saturated rings. The fourth-order valence-electron chi connectivity index (χ4n) is 1.04. The second kappa shape index (κ2) is 4.50. The van der Waals surface area contributed by atoms with Crippen molar-refractivity contribution in [1.29, 1.82) is 0 Å². The minimum atomic E-state index is -0.398. The Kier molecular flexibility index (Phi) is 3.85. The Bertz CT molecular complexity index is 352. The number of benzene rings is 1. The highest BCUT2D eigenvalue weighted by Crippen LogP contribution is 2.27. The Labute approximate surface area is 98.0 Å². The molecule has 0 aliphatic heterocycles. The number of aldehydes is 1. The topological polar surface area (TPSA) is 17.1 Å². The average molecular weight is 357 g/mol. The normalized spacial score (nSPS) is 10.2. The van der Waals surface area contributed by atoms with Crippen LogP contribution in [0.15, 0.2) is 10.5 Å². The molecule has 0 radical (unpaired) electrons. The molecule has 0 aromatic heterocycles. The fourth-order valence-corrected chi connectivity index (χ4v) is 2.05. The van der Waals surface area contributed by atoms with Gasteiger partial charge in [-0.3, -0.25) is 4.79 Å². The Hall–Kier alpha value is 0.0300. The Morgan fingerprint density at radius 1 is 1.69 bits per heavy atom. The summed E-state index contributed by atoms with van der Waals surface area (Å²) >= 11 is 5.23. The summed E-state index contributed by atoms with van der Waals surface area (Å²) in [6, 6.07) is 1.71. The van der Waals surface area contributed by atoms with Crippen LogP contribution in [0, 0.1) is 9.39 Å². The summed E-state index contributed by atoms with van der Waals surface area (Å²) in [4.78, 5) is 10.6. The van der Waals surface area contributed by atoms with E-state index in [-0.39, 0.29) is 5.56 Å². The van der Waals surface area contributed by atoms with Crippen molar-refractivity contribution in [3.63, 3.8) is 0 Å². The van der Waals surface area contributed by atoms with Crippen molar-refractivity contribution in [1.82, 2.24) is 0 Å². The molecule has 0 aliphatic carbocycles. The van der Waals surface area contributed by atoms with Gasteiger partial charge >= 0.3 is 0 Å². The van der Waals surface area contributed by atoms with E-state index in [0.717, 1.165) is 4.47 Å². The third kappa shape index (κ3) is 2.10. The van der Waals surface area contributed by atoms with Gasteiger partial charge in [-0.15, -0.1) is 0 Å². The first-order valence-corrected chi connectivity index (χ1v) is 5.60. The van der Waals surface area contributed by atoms with Crippen LogP contribution in [0.2, 0.25) is 0 Å². The Balaban J connectivity index is 3.47. The first kappa shape index (κ1) is 11.1. The molecule has 0 heterocycles. The number of hydrogen-bond donors (Lipinski definition) is 0. The van der Waals surface area contributed by atoms with Gasteiger partial charge in [0.25, 0.3) is 0 Å². The van der Waals surface area contributed by atoms with Crippen molar-refractivity contribution < 1.29 is 9.18 Å². The van der Waals surface area contributed by atoms with Gasteiger partial charge in [-0.1, -0.05) is 6.92 Å². The number of rotatable bonds is 2. The van der Waals surface area contributed by atoms with E-state index in [2.05, 4.69) is 15.9 Å². The first-order chi connectivity index (χ1) is 6.11. The lowest BCUT2D eigenvalue weighted by atomic mass is 10.1. The van der Waals surface area contributed by atoms with E-state index in [1.165, 1.54) is 0 Å². The molecular formula is C9H7BrFIO. The minimum absolute atomic E-state index is 0.145. The quantitative estimate of drug-likeness (QED) is 0.450. The standard InChI is InChI=1S/C9H7BrFIO/c1-2-5-3-7(10)9(12)6(4-13)8(5)11/h3-4H,2H2,1H3. The van der Waals surface area contributed by atoms with E-state index in [9.17, 15) is 9.18 Å². The van der Waals surface area contributed by atoms with Crippen LogP contribution in [0.1, 0.15) is 22.8 Å². The molecule has 0 unspecified atom stereocenters. The summed E-state index contributed by atoms with van der Waals surface area (Å²) in [6.07, 6.45) is 1.14. The second-order valence-corrected chi connectivity index (χ2v) is 4.46. The number of carbonyl (C=O) groups is 1. The summed E-state index contributed by atoms with van der Waals surface area (Å²) in [5.41, 5.74) is 0.709. The lowest BCUT2D eigenvalue weighted by Crippen LogP contribution is -1.99. The molecule has 13 heavy (non-hydrogen) atoms. The van der Waals surface area contributed by atoms with Crippen LogP contribution in [0.4, 0.5) is 4.39 Å². The molecule has 0 spiro atoms. The summed E-state index contributed by atoms with van der Waals surface area (Å²) in [6.45, 7) is 1.85. The van der Waals surface area contributed by atoms with Gasteiger partial charge in [0.15, 0.2) is 6.29 Å². The Morgan fingerprint density at radius 2 is 2.31 bits per heavy atom. The maximum absolute atomic E-state index is 13.5. The zero-order valence-corrected chi connectivity index (χ0v) is 10.6. The van der Waals surface area contributed by atoms with E-state index >= 15 is 0 Å². The summed E-state index contributed by atoms with van der Waals surface area (Å²) in [5.74, 6) is -0.398. The van der Waals surface area contributed by atoms with Crippen LogP contribution in [-0.2, 0) is 6.42 Å². The molecule has 70 valence electrons. The van der Waals surface area contributed by atoms with Crippen LogP contribution in [0.5, 0.6) is 0 Å². The monoisotopic (exact) mass is 356 g/mol. The highest BCUT2D eigenvalue weighted by molar-refractivity contribution is 14.1. The molecule has 0 saturated heterocycles. The number of aryl methyl sites for hydroxylation is 1. The van der Waals surface area contributed by atoms with Gasteiger partial charge in [-0.25, -0.2) is 4.39 Å². The number of hydrogen-bond acceptors (Lipinski definition) is 1. The molecule has 1 rings (SSSR count). The molecule has 0 N–H and O–H groups in total. The molecule has 0 amide bonds. The summed E-state index contributed by atoms with van der Waals surface area (Å²) in [7, 11) is 0. The van der Waals surface area contributed by atoms with E-state index < -0.39 is 5.82 Å². The van der Waals surface area contributed by atoms with Gasteiger partial charge in [-0.05, 0) is 56.6 Å². The van der Waals surface area contributed by atoms with Gasteiger partial charge in [-0.2, -0.15) is 0 Å². The third-order valence-electron chi connectivity index (χ3n) is 1.76. The van der Waals surface area contributed by atoms with Crippen LogP contribution >= 0.6 is 38.5 Å². The summed E-state index contributed by atoms with van der Waals surface area (Å²) in [5, 5.41) is 0. The van der Waals surface area contributed by atoms with Crippen molar-refractivity contribution in [2.24, 2.45) is 0 Å². The number of halogens is 3. The first-order valence-electron chi connectivity index (χ1n) is 3.73. The zero-order chi connectivity index (χ0) is 10.0. The predicted octanol–water partition coefficient (Wildman–Crippen LogP) is 3.57. The molecule has 0 atom stereocenters. The largest absolute Gasteiger partial charge is 0.298 e. The maximum Gasteiger partial charge on any atom is 0.154 e. The van der Waals surface area contributed by atoms with E-state index in [1.54, 1.807) is 6.07 Å². The van der Waals surface area contributed by atoms with Crippen molar-refractivity contribution in [2.75, 3.05) is 0 Å². The van der Waals surface area contributed by atoms with Crippen LogP contribution < -0.4 is 0 Å². The SMILES string of the molecule is CCc1cc(Br)c(I)c(C=O)c1F. The minimum Gasteiger partial charge on any atom is -0.298 e. The molecule has 4 heteroatoms. The highest BCUT2D eigenvalue weighted by atomic mass is 127. The van der Waals surface area contributed by atoms with Crippen molar-refractivity contribution in [3.05, 3.63) is 31.1 Å². The molecule has 1 nitrogen and oxygen atoms in total. The third-order valence-corrected chi connectivity index (χ3v) is 4.29. The molecule has 0 saturated carbocycles. The Morgan fingerprint density at radius 3 is 2.77 bits per heavy atom. The maximum atomic E-state index is 13.5. The summed E-state index contributed by atoms with van der Waals surface area (Å²) < 4.78 is 14.9. The van der Waals surface area contributed by atoms with Crippen LogP contribution in [0.3, 0.4) is 0 Å². The van der Waals surface area contributed by atoms with E-state index in [4.69, 9.17) is 0 Å². The molecule has 0 aliphatic rings. The predicted molar refractivity (Wildman–Crippen MR) is 61.6 cm³/mol. The number of carbonyl (C=O) groups excluding carboxylic acids is 1. The van der Waals surface area contributed by atoms with Gasteiger partial charge in [0, 0.05) is 8.04 Å². The van der Waals surface area contributed by atoms with Gasteiger partial charge < -0.3 is 0 Å². The molecule has 0 bridgehead atoms. The molecular weight excluding hydrogens is 350 g/mol. The lowest BCUT2D eigenvalue weighted by molar-refractivity contribution is 0.111. The van der Waals surface area contributed by atoms with Crippen LogP contribution in [-0.4, -0.2) is 6.29 Å². The van der Waals surface area contributed by atoms with Gasteiger partial charge in [0.1, 0.15) is 5.82 Å². The van der Waals surface area contributed by atoms with E-state index in [1.807, 2.05) is 29.5 Å². The lowest BCUT2D eigenvalue weighted by Gasteiger charge is -2.06. The van der Waals surface area contributed by atoms with E-state index in [0.29, 0.717) is 21.8 Å². The highest BCUT2D eigenvalue weighted by Gasteiger charge is 2.13.